The molecule has 0 radical (unpaired) electrons. The normalized spacial score (nSPS) is 13.2. The van der Waals surface area contributed by atoms with Crippen LogP contribution in [-0.4, -0.2) is 37.2 Å². The summed E-state index contributed by atoms with van der Waals surface area (Å²) in [5, 5.41) is 0. The highest BCUT2D eigenvalue weighted by atomic mass is 16.6. The molecule has 376 valence electrons. The van der Waals surface area contributed by atoms with Gasteiger partial charge in [0.05, 0.1) is 0 Å². The Morgan fingerprint density at radius 2 is 0.612 bits per heavy atom. The summed E-state index contributed by atoms with van der Waals surface area (Å²) in [6.07, 6.45) is 75.7. The summed E-state index contributed by atoms with van der Waals surface area (Å²) < 4.78 is 16.8. The van der Waals surface area contributed by atoms with Crippen molar-refractivity contribution >= 4 is 17.9 Å². The Kier molecular flexibility index (Phi) is 50.6. The van der Waals surface area contributed by atoms with Crippen LogP contribution in [0, 0.1) is 0 Å². The molecule has 0 N–H and O–H groups in total. The van der Waals surface area contributed by atoms with Crippen LogP contribution in [0.3, 0.4) is 0 Å². The molecular weight excluding hydrogens is 829 g/mol. The monoisotopic (exact) mass is 925 g/mol. The third-order valence-corrected chi connectivity index (χ3v) is 10.8. The standard InChI is InChI=1S/C61H96O6/c1-4-7-10-13-16-19-22-25-27-29-31-33-36-39-42-45-48-51-54-60(63)66-57-58(56-65-59(62)53-50-47-44-41-38-35-24-21-18-15-12-9-6-3)67-61(64)55-52-49-46-43-40-37-34-32-30-28-26-23-20-17-14-11-8-5-2/h9-10,12-13,15-16,18-19,21-22,24-25,27-35,38,58H,4-8,11,14,17,20,23,26,36-37,39-57H2,1-3H3/b12-9+,13-10+,18-15+,19-16+,24-21+,25-22+,29-27+,30-28+,33-31+,34-32+,38-35+. The van der Waals surface area contributed by atoms with E-state index in [1.807, 2.05) is 72.9 Å². The van der Waals surface area contributed by atoms with Crippen LogP contribution in [-0.2, 0) is 28.6 Å². The maximum absolute atomic E-state index is 12.8. The molecule has 0 aromatic heterocycles. The first-order valence-corrected chi connectivity index (χ1v) is 26.8. The molecule has 0 bridgehead atoms. The fraction of sp³-hybridized carbons (Fsp3) is 0.590. The Morgan fingerprint density at radius 3 is 1.00 bits per heavy atom. The van der Waals surface area contributed by atoms with Gasteiger partial charge in [0.1, 0.15) is 13.2 Å². The summed E-state index contributed by atoms with van der Waals surface area (Å²) in [5.41, 5.74) is 0. The highest BCUT2D eigenvalue weighted by Crippen LogP contribution is 2.13. The van der Waals surface area contributed by atoms with Crippen LogP contribution in [0.2, 0.25) is 0 Å². The number of allylic oxidation sites excluding steroid dienone is 22. The van der Waals surface area contributed by atoms with Crippen molar-refractivity contribution in [3.8, 4) is 0 Å². The number of carbonyl (C=O) groups is 3. The van der Waals surface area contributed by atoms with Crippen LogP contribution in [0.25, 0.3) is 0 Å². The number of carbonyl (C=O) groups excluding carboxylic acids is 3. The van der Waals surface area contributed by atoms with Gasteiger partial charge in [-0.25, -0.2) is 0 Å². The number of ether oxygens (including phenoxy) is 3. The van der Waals surface area contributed by atoms with Crippen LogP contribution in [0.15, 0.2) is 134 Å². The molecule has 0 rings (SSSR count). The smallest absolute Gasteiger partial charge is 0.306 e. The van der Waals surface area contributed by atoms with E-state index in [2.05, 4.69) is 81.5 Å². The van der Waals surface area contributed by atoms with Crippen LogP contribution in [0.1, 0.15) is 213 Å². The lowest BCUT2D eigenvalue weighted by Crippen LogP contribution is -2.30. The van der Waals surface area contributed by atoms with Crippen molar-refractivity contribution in [2.45, 2.75) is 219 Å². The largest absolute Gasteiger partial charge is 0.462 e. The lowest BCUT2D eigenvalue weighted by atomic mass is 10.1. The van der Waals surface area contributed by atoms with Gasteiger partial charge in [0.25, 0.3) is 0 Å². The van der Waals surface area contributed by atoms with Gasteiger partial charge in [-0.2, -0.15) is 0 Å². The Bertz CT molecular complexity index is 1480. The fourth-order valence-corrected chi connectivity index (χ4v) is 6.83. The van der Waals surface area contributed by atoms with Gasteiger partial charge >= 0.3 is 17.9 Å². The fourth-order valence-electron chi connectivity index (χ4n) is 6.83. The molecule has 0 aliphatic rings. The minimum atomic E-state index is -0.819. The van der Waals surface area contributed by atoms with Gasteiger partial charge in [-0.3, -0.25) is 14.4 Å². The highest BCUT2D eigenvalue weighted by molar-refractivity contribution is 5.71. The predicted molar refractivity (Wildman–Crippen MR) is 288 cm³/mol. The molecule has 1 unspecified atom stereocenters. The zero-order valence-corrected chi connectivity index (χ0v) is 42.9. The average molecular weight is 925 g/mol. The molecule has 0 amide bonds. The van der Waals surface area contributed by atoms with Crippen molar-refractivity contribution in [2.75, 3.05) is 13.2 Å². The van der Waals surface area contributed by atoms with Crippen molar-refractivity contribution in [1.29, 1.82) is 0 Å². The van der Waals surface area contributed by atoms with E-state index < -0.39 is 6.10 Å². The van der Waals surface area contributed by atoms with E-state index in [0.717, 1.165) is 116 Å². The summed E-state index contributed by atoms with van der Waals surface area (Å²) in [7, 11) is 0. The summed E-state index contributed by atoms with van der Waals surface area (Å²) in [6.45, 7) is 6.32. The van der Waals surface area contributed by atoms with Crippen LogP contribution in [0.4, 0.5) is 0 Å². The molecular formula is C61H96O6. The number of rotatable bonds is 46. The lowest BCUT2D eigenvalue weighted by Gasteiger charge is -2.18. The number of unbranched alkanes of at least 4 members (excludes halogenated alkanes) is 21. The first-order chi connectivity index (χ1) is 33.0. The van der Waals surface area contributed by atoms with Gasteiger partial charge in [-0.15, -0.1) is 0 Å². The molecule has 0 aromatic carbocycles. The van der Waals surface area contributed by atoms with E-state index in [-0.39, 0.29) is 37.5 Å². The Morgan fingerprint density at radius 1 is 0.313 bits per heavy atom. The molecule has 0 saturated carbocycles. The second-order valence-corrected chi connectivity index (χ2v) is 17.3. The maximum atomic E-state index is 12.8. The summed E-state index contributed by atoms with van der Waals surface area (Å²) in [4.78, 5) is 38.0. The second kappa shape index (κ2) is 54.2. The van der Waals surface area contributed by atoms with E-state index in [9.17, 15) is 14.4 Å². The molecule has 0 aromatic rings. The zero-order chi connectivity index (χ0) is 48.6. The van der Waals surface area contributed by atoms with Crippen LogP contribution in [0.5, 0.6) is 0 Å². The third-order valence-electron chi connectivity index (χ3n) is 10.8. The van der Waals surface area contributed by atoms with Crippen molar-refractivity contribution in [3.05, 3.63) is 134 Å². The molecule has 0 fully saturated rings. The van der Waals surface area contributed by atoms with Gasteiger partial charge < -0.3 is 14.2 Å². The third kappa shape index (κ3) is 52.4. The van der Waals surface area contributed by atoms with E-state index >= 15 is 0 Å². The minimum absolute atomic E-state index is 0.116. The summed E-state index contributed by atoms with van der Waals surface area (Å²) in [6, 6.07) is 0. The SMILES string of the molecule is CC/C=C/C=C/C=C/C=C/CCCCCC(=O)OCC(COC(=O)CCCCCCC/C=C/C=C/C=C/C=C/C=C/CCC)OC(=O)CCCCCCC/C=C/C=C/CCCCCCCCC. The Balaban J connectivity index is 4.54. The maximum Gasteiger partial charge on any atom is 0.306 e. The summed E-state index contributed by atoms with van der Waals surface area (Å²) >= 11 is 0. The zero-order valence-electron chi connectivity index (χ0n) is 42.9. The second-order valence-electron chi connectivity index (χ2n) is 17.3. The predicted octanol–water partition coefficient (Wildman–Crippen LogP) is 17.9. The molecule has 1 atom stereocenters. The van der Waals surface area contributed by atoms with Gasteiger partial charge in [0.2, 0.25) is 0 Å². The topological polar surface area (TPSA) is 78.9 Å². The lowest BCUT2D eigenvalue weighted by molar-refractivity contribution is -0.167. The van der Waals surface area contributed by atoms with Crippen LogP contribution < -0.4 is 0 Å². The molecule has 0 aliphatic heterocycles. The average Bonchev–Trinajstić information content (AvgIpc) is 3.33. The molecule has 0 saturated heterocycles. The Hall–Kier alpha value is -4.45. The van der Waals surface area contributed by atoms with Crippen molar-refractivity contribution in [2.24, 2.45) is 0 Å². The first kappa shape index (κ1) is 62.5. The van der Waals surface area contributed by atoms with Crippen LogP contribution >= 0.6 is 0 Å². The van der Waals surface area contributed by atoms with E-state index in [1.165, 1.54) is 57.8 Å². The molecule has 6 heteroatoms. The van der Waals surface area contributed by atoms with Crippen molar-refractivity contribution in [3.63, 3.8) is 0 Å². The summed E-state index contributed by atoms with van der Waals surface area (Å²) in [5.74, 6) is -1.00. The molecule has 0 heterocycles. The molecule has 6 nitrogen and oxygen atoms in total. The number of esters is 3. The van der Waals surface area contributed by atoms with Gasteiger partial charge in [-0.1, -0.05) is 244 Å². The van der Waals surface area contributed by atoms with E-state index in [4.69, 9.17) is 14.2 Å². The molecule has 0 aliphatic carbocycles. The van der Waals surface area contributed by atoms with Crippen molar-refractivity contribution < 1.29 is 28.6 Å². The molecule has 67 heavy (non-hydrogen) atoms. The highest BCUT2D eigenvalue weighted by Gasteiger charge is 2.19. The quantitative estimate of drug-likeness (QED) is 0.0262. The Labute approximate surface area is 411 Å². The van der Waals surface area contributed by atoms with Crippen molar-refractivity contribution in [1.82, 2.24) is 0 Å². The van der Waals surface area contributed by atoms with Gasteiger partial charge in [0.15, 0.2) is 6.10 Å². The van der Waals surface area contributed by atoms with E-state index in [1.54, 1.807) is 0 Å². The van der Waals surface area contributed by atoms with Gasteiger partial charge in [0, 0.05) is 19.3 Å². The van der Waals surface area contributed by atoms with E-state index in [0.29, 0.717) is 12.8 Å². The van der Waals surface area contributed by atoms with Gasteiger partial charge in [-0.05, 0) is 83.5 Å². The first-order valence-electron chi connectivity index (χ1n) is 26.8. The molecule has 0 spiro atoms. The number of hydrogen-bond acceptors (Lipinski definition) is 6. The minimum Gasteiger partial charge on any atom is -0.462 e. The number of hydrogen-bond donors (Lipinski definition) is 0.